The Morgan fingerprint density at radius 3 is 2.89 bits per heavy atom. The first kappa shape index (κ1) is 25.1. The molecule has 3 N–H and O–H groups in total. The van der Waals surface area contributed by atoms with Crippen molar-refractivity contribution in [3.63, 3.8) is 0 Å². The van der Waals surface area contributed by atoms with Crippen molar-refractivity contribution in [1.82, 2.24) is 19.8 Å². The van der Waals surface area contributed by atoms with E-state index in [1.165, 1.54) is 0 Å². The lowest BCUT2D eigenvalue weighted by Crippen LogP contribution is -2.33. The van der Waals surface area contributed by atoms with Crippen molar-refractivity contribution >= 4 is 16.7 Å². The summed E-state index contributed by atoms with van der Waals surface area (Å²) >= 11 is 0. The molecule has 3 aliphatic rings. The SMILES string of the molecule is O=c1ccc2ccc3cc2n1CCN1C[C@@H](CNCc2ccc4c(n2)NC(O)CO4)[C@@H](C1)OCCCCO3. The molecule has 0 amide bonds. The highest BCUT2D eigenvalue weighted by Crippen LogP contribution is 2.27. The summed E-state index contributed by atoms with van der Waals surface area (Å²) in [5.41, 5.74) is 1.81. The van der Waals surface area contributed by atoms with Crippen LogP contribution in [-0.2, 0) is 17.8 Å². The topological polar surface area (TPSA) is 110 Å². The second-order valence-corrected chi connectivity index (χ2v) is 10.3. The van der Waals surface area contributed by atoms with Gasteiger partial charge in [0.1, 0.15) is 12.4 Å². The summed E-state index contributed by atoms with van der Waals surface area (Å²) in [4.78, 5) is 19.8. The molecule has 0 aliphatic carbocycles. The number of aliphatic hydroxyl groups excluding tert-OH is 1. The zero-order valence-corrected chi connectivity index (χ0v) is 21.5. The lowest BCUT2D eigenvalue weighted by Gasteiger charge is -2.23. The summed E-state index contributed by atoms with van der Waals surface area (Å²) in [6.45, 7) is 6.11. The third-order valence-electron chi connectivity index (χ3n) is 7.53. The number of ether oxygens (including phenoxy) is 3. The van der Waals surface area contributed by atoms with E-state index < -0.39 is 6.23 Å². The average molecular weight is 522 g/mol. The van der Waals surface area contributed by atoms with Crippen molar-refractivity contribution in [1.29, 1.82) is 0 Å². The molecule has 0 radical (unpaired) electrons. The van der Waals surface area contributed by atoms with E-state index in [4.69, 9.17) is 14.2 Å². The molecule has 4 bridgehead atoms. The van der Waals surface area contributed by atoms with Gasteiger partial charge in [0.05, 0.1) is 23.9 Å². The van der Waals surface area contributed by atoms with Crippen molar-refractivity contribution in [2.45, 2.75) is 38.3 Å². The number of benzene rings is 1. The molecule has 0 saturated carbocycles. The van der Waals surface area contributed by atoms with Crippen LogP contribution >= 0.6 is 0 Å². The van der Waals surface area contributed by atoms with E-state index in [1.54, 1.807) is 6.07 Å². The van der Waals surface area contributed by atoms with Crippen molar-refractivity contribution in [3.8, 4) is 11.5 Å². The first-order valence-corrected chi connectivity index (χ1v) is 13.5. The Kier molecular flexibility index (Phi) is 7.46. The highest BCUT2D eigenvalue weighted by Gasteiger charge is 2.33. The second kappa shape index (κ2) is 11.3. The molecule has 202 valence electrons. The van der Waals surface area contributed by atoms with Crippen LogP contribution in [0.4, 0.5) is 5.82 Å². The molecule has 3 aromatic rings. The third kappa shape index (κ3) is 5.63. The summed E-state index contributed by atoms with van der Waals surface area (Å²) in [6, 6.07) is 13.4. The summed E-state index contributed by atoms with van der Waals surface area (Å²) in [6.07, 6.45) is 1.24. The Morgan fingerprint density at radius 2 is 1.95 bits per heavy atom. The maximum Gasteiger partial charge on any atom is 0.251 e. The van der Waals surface area contributed by atoms with E-state index >= 15 is 0 Å². The number of hydrogen-bond acceptors (Lipinski definition) is 9. The summed E-state index contributed by atoms with van der Waals surface area (Å²) in [7, 11) is 0. The van der Waals surface area contributed by atoms with Gasteiger partial charge in [-0.2, -0.15) is 0 Å². The third-order valence-corrected chi connectivity index (χ3v) is 7.53. The van der Waals surface area contributed by atoms with Gasteiger partial charge in [0.25, 0.3) is 5.56 Å². The number of nitrogens with zero attached hydrogens (tertiary/aromatic N) is 3. The van der Waals surface area contributed by atoms with Crippen LogP contribution in [0.15, 0.2) is 47.3 Å². The zero-order chi connectivity index (χ0) is 25.9. The van der Waals surface area contributed by atoms with Crippen molar-refractivity contribution < 1.29 is 19.3 Å². The monoisotopic (exact) mass is 521 g/mol. The fourth-order valence-electron chi connectivity index (χ4n) is 5.51. The molecule has 3 aliphatic heterocycles. The fourth-order valence-corrected chi connectivity index (χ4v) is 5.51. The molecular formula is C28H35N5O5. The van der Waals surface area contributed by atoms with Gasteiger partial charge in [0.15, 0.2) is 17.8 Å². The molecule has 10 nitrogen and oxygen atoms in total. The van der Waals surface area contributed by atoms with Gasteiger partial charge in [-0.1, -0.05) is 0 Å². The van der Waals surface area contributed by atoms with Gasteiger partial charge in [-0.15, -0.1) is 0 Å². The molecule has 1 aromatic carbocycles. The number of rotatable bonds is 4. The first-order chi connectivity index (χ1) is 18.6. The quantitative estimate of drug-likeness (QED) is 0.473. The highest BCUT2D eigenvalue weighted by atomic mass is 16.5. The van der Waals surface area contributed by atoms with Gasteiger partial charge >= 0.3 is 0 Å². The molecule has 10 heteroatoms. The van der Waals surface area contributed by atoms with E-state index in [2.05, 4.69) is 20.5 Å². The lowest BCUT2D eigenvalue weighted by atomic mass is 10.1. The summed E-state index contributed by atoms with van der Waals surface area (Å²) < 4.78 is 19.7. The average Bonchev–Trinajstić information content (AvgIpc) is 3.30. The number of aromatic nitrogens is 2. The summed E-state index contributed by atoms with van der Waals surface area (Å²) in [5, 5.41) is 17.3. The van der Waals surface area contributed by atoms with Crippen molar-refractivity contribution in [3.05, 3.63) is 58.5 Å². The van der Waals surface area contributed by atoms with Gasteiger partial charge in [0, 0.05) is 63.9 Å². The number of pyridine rings is 2. The zero-order valence-electron chi connectivity index (χ0n) is 21.5. The minimum atomic E-state index is -0.743. The van der Waals surface area contributed by atoms with Crippen LogP contribution in [0, 0.1) is 5.92 Å². The molecule has 6 rings (SSSR count). The number of anilines is 1. The van der Waals surface area contributed by atoms with Crippen LogP contribution < -0.4 is 25.7 Å². The van der Waals surface area contributed by atoms with Crippen LogP contribution in [0.3, 0.4) is 0 Å². The molecule has 0 spiro atoms. The maximum absolute atomic E-state index is 12.8. The predicted octanol–water partition coefficient (Wildman–Crippen LogP) is 1.80. The van der Waals surface area contributed by atoms with E-state index in [0.717, 1.165) is 61.4 Å². The second-order valence-electron chi connectivity index (χ2n) is 10.3. The van der Waals surface area contributed by atoms with E-state index in [0.29, 0.717) is 43.8 Å². The number of nitrogens with one attached hydrogen (secondary N) is 2. The van der Waals surface area contributed by atoms with Gasteiger partial charge < -0.3 is 34.5 Å². The molecule has 1 fully saturated rings. The predicted molar refractivity (Wildman–Crippen MR) is 144 cm³/mol. The van der Waals surface area contributed by atoms with Gasteiger partial charge in [-0.3, -0.25) is 9.69 Å². The molecule has 1 saturated heterocycles. The van der Waals surface area contributed by atoms with Gasteiger partial charge in [-0.05, 0) is 48.6 Å². The summed E-state index contributed by atoms with van der Waals surface area (Å²) in [5.74, 6) is 2.36. The Morgan fingerprint density at radius 1 is 1.05 bits per heavy atom. The Hall–Kier alpha value is -3.18. The largest absolute Gasteiger partial charge is 0.494 e. The van der Waals surface area contributed by atoms with Crippen LogP contribution in [0.5, 0.6) is 11.5 Å². The fraction of sp³-hybridized carbons (Fsp3) is 0.500. The number of fused-ring (bicyclic) bond motifs is 4. The Balaban J connectivity index is 1.12. The van der Waals surface area contributed by atoms with Crippen molar-refractivity contribution in [2.75, 3.05) is 51.3 Å². The Labute approximate surface area is 221 Å². The van der Waals surface area contributed by atoms with Gasteiger partial charge in [-0.25, -0.2) is 4.98 Å². The molecule has 5 heterocycles. The standard InChI is InChI=1S/C28H35N5O5/c34-26-18-38-24-7-5-21(30-28(24)31-26)15-29-14-20-16-32-9-10-33-23-13-22(6-3-19(23)4-8-27(33)35)36-11-1-2-12-37-25(20)17-32/h3-8,13,20,25-26,29,34H,1-2,9-12,14-18H2,(H,30,31)/t20-,25-,26?/m1/s1. The highest BCUT2D eigenvalue weighted by molar-refractivity contribution is 5.80. The minimum absolute atomic E-state index is 0.00846. The number of hydrogen-bond donors (Lipinski definition) is 3. The molecular weight excluding hydrogens is 486 g/mol. The van der Waals surface area contributed by atoms with Crippen LogP contribution in [0.25, 0.3) is 10.9 Å². The van der Waals surface area contributed by atoms with Crippen molar-refractivity contribution in [2.24, 2.45) is 5.92 Å². The van der Waals surface area contributed by atoms with Crippen LogP contribution in [-0.4, -0.2) is 77.9 Å². The van der Waals surface area contributed by atoms with Crippen LogP contribution in [0.2, 0.25) is 0 Å². The van der Waals surface area contributed by atoms with E-state index in [1.807, 2.05) is 41.0 Å². The maximum atomic E-state index is 12.8. The molecule has 2 aromatic heterocycles. The first-order valence-electron chi connectivity index (χ1n) is 13.5. The lowest BCUT2D eigenvalue weighted by molar-refractivity contribution is 0.0307. The number of aliphatic hydroxyl groups is 1. The van der Waals surface area contributed by atoms with Gasteiger partial charge in [0.2, 0.25) is 0 Å². The molecule has 4 atom stereocenters. The molecule has 38 heavy (non-hydrogen) atoms. The van der Waals surface area contributed by atoms with E-state index in [9.17, 15) is 9.90 Å². The van der Waals surface area contributed by atoms with Crippen LogP contribution in [0.1, 0.15) is 18.5 Å². The normalized spacial score (nSPS) is 25.5. The molecule has 2 unspecified atom stereocenters. The Bertz CT molecular complexity index is 1330. The minimum Gasteiger partial charge on any atom is -0.494 e. The van der Waals surface area contributed by atoms with E-state index in [-0.39, 0.29) is 18.3 Å². The smallest absolute Gasteiger partial charge is 0.251 e.